The highest BCUT2D eigenvalue weighted by Gasteiger charge is 2.47. The lowest BCUT2D eigenvalue weighted by atomic mass is 9.80. The fourth-order valence-electron chi connectivity index (χ4n) is 8.35. The number of fused-ring (bicyclic) bond motifs is 3. The van der Waals surface area contributed by atoms with Crippen molar-refractivity contribution in [1.82, 2.24) is 20.1 Å². The molecule has 9 rings (SSSR count). The van der Waals surface area contributed by atoms with Gasteiger partial charge in [0.25, 0.3) is 23.6 Å². The van der Waals surface area contributed by atoms with Gasteiger partial charge in [0, 0.05) is 72.8 Å². The molecule has 1 atom stereocenters. The first-order valence-electron chi connectivity index (χ1n) is 16.5. The van der Waals surface area contributed by atoms with Crippen LogP contribution in [0.1, 0.15) is 72.9 Å². The number of rotatable bonds is 4. The zero-order valence-corrected chi connectivity index (χ0v) is 26.5. The van der Waals surface area contributed by atoms with Gasteiger partial charge in [0.15, 0.2) is 0 Å². The Balaban J connectivity index is 0.851. The van der Waals surface area contributed by atoms with E-state index in [1.54, 1.807) is 18.2 Å². The van der Waals surface area contributed by atoms with E-state index in [2.05, 4.69) is 20.5 Å². The molecule has 0 spiro atoms. The van der Waals surface area contributed by atoms with Gasteiger partial charge in [-0.05, 0) is 73.7 Å². The quantitative estimate of drug-likeness (QED) is 0.287. The number of carbonyl (C=O) groups excluding carboxylic acids is 6. The third-order valence-electron chi connectivity index (χ3n) is 11.0. The minimum Gasteiger partial charge on any atom is -0.371 e. The first-order chi connectivity index (χ1) is 23.6. The number of halogens is 1. The SMILES string of the molecule is Cc1[nH]c2c(c1C(=O)N1CC(C3CN(c4ccc5c(c4)C(=O)N(C4CCC(=O)NC4=O)C5=O)C3)C1)CC/C2=C1/C(=O)Nc2ccc(F)cc21. The number of nitrogens with zero attached hydrogens (tertiary/aromatic N) is 3. The van der Waals surface area contributed by atoms with E-state index in [0.29, 0.717) is 60.2 Å². The lowest BCUT2D eigenvalue weighted by Crippen LogP contribution is -2.61. The number of likely N-dealkylation sites (tertiary alicyclic amines) is 1. The average Bonchev–Trinajstić information content (AvgIpc) is 3.72. The number of H-pyrrole nitrogens is 1. The molecule has 12 nitrogen and oxygen atoms in total. The number of aryl methyl sites for hydroxylation is 1. The monoisotopic (exact) mass is 662 g/mol. The van der Waals surface area contributed by atoms with Crippen molar-refractivity contribution in [2.45, 2.75) is 38.6 Å². The van der Waals surface area contributed by atoms with Gasteiger partial charge in [-0.25, -0.2) is 4.39 Å². The molecule has 0 bridgehead atoms. The van der Waals surface area contributed by atoms with Crippen LogP contribution in [-0.4, -0.2) is 82.4 Å². The van der Waals surface area contributed by atoms with Crippen LogP contribution in [0.15, 0.2) is 36.4 Å². The molecule has 6 aliphatic rings. The molecule has 3 saturated heterocycles. The summed E-state index contributed by atoms with van der Waals surface area (Å²) >= 11 is 0. The van der Waals surface area contributed by atoms with Gasteiger partial charge >= 0.3 is 0 Å². The lowest BCUT2D eigenvalue weighted by molar-refractivity contribution is -0.136. The van der Waals surface area contributed by atoms with Crippen molar-refractivity contribution in [1.29, 1.82) is 0 Å². The Morgan fingerprint density at radius 3 is 2.37 bits per heavy atom. The molecule has 0 radical (unpaired) electrons. The number of allylic oxidation sites excluding steroid dienone is 1. The van der Waals surface area contributed by atoms with Gasteiger partial charge in [-0.1, -0.05) is 0 Å². The standard InChI is InChI=1S/C36H31FN6O6/c1-16-29(22-5-6-23(31(22)38-16)30-25-10-19(37)2-7-26(25)39-33(30)46)36(49)42-14-18(15-42)17-12-41(13-17)20-3-4-21-24(11-20)35(48)43(34(21)47)27-8-9-28(44)40-32(27)45/h2-4,7,10-11,17-18,27,38H,5-6,8-9,12-15H2,1H3,(H,39,46)(H,40,44,45)/b30-23-. The maximum atomic E-state index is 14.1. The molecule has 49 heavy (non-hydrogen) atoms. The maximum Gasteiger partial charge on any atom is 0.262 e. The molecule has 248 valence electrons. The first kappa shape index (κ1) is 29.5. The van der Waals surface area contributed by atoms with Crippen molar-refractivity contribution in [2.24, 2.45) is 11.8 Å². The van der Waals surface area contributed by atoms with Crippen molar-refractivity contribution < 1.29 is 33.2 Å². The molecule has 2 aromatic carbocycles. The molecule has 5 aliphatic heterocycles. The van der Waals surface area contributed by atoms with Crippen LogP contribution in [0.5, 0.6) is 0 Å². The summed E-state index contributed by atoms with van der Waals surface area (Å²) in [5, 5.41) is 5.04. The number of benzene rings is 2. The summed E-state index contributed by atoms with van der Waals surface area (Å²) in [6.45, 7) is 4.65. The minimum atomic E-state index is -1.00. The second-order valence-corrected chi connectivity index (χ2v) is 13.8. The summed E-state index contributed by atoms with van der Waals surface area (Å²) in [6.07, 6.45) is 1.38. The minimum absolute atomic E-state index is 0.0293. The maximum absolute atomic E-state index is 14.1. The van der Waals surface area contributed by atoms with Crippen molar-refractivity contribution in [2.75, 3.05) is 36.4 Å². The molecule has 1 unspecified atom stereocenters. The fourth-order valence-corrected chi connectivity index (χ4v) is 8.35. The van der Waals surface area contributed by atoms with Crippen molar-refractivity contribution >= 4 is 58.0 Å². The zero-order chi connectivity index (χ0) is 33.9. The van der Waals surface area contributed by atoms with Gasteiger partial charge in [-0.3, -0.25) is 39.0 Å². The largest absolute Gasteiger partial charge is 0.371 e. The highest BCUT2D eigenvalue weighted by Crippen LogP contribution is 2.45. The summed E-state index contributed by atoms with van der Waals surface area (Å²) in [6, 6.07) is 8.41. The second-order valence-electron chi connectivity index (χ2n) is 13.8. The van der Waals surface area contributed by atoms with E-state index in [1.165, 1.54) is 12.1 Å². The summed E-state index contributed by atoms with van der Waals surface area (Å²) < 4.78 is 14.1. The summed E-state index contributed by atoms with van der Waals surface area (Å²) in [5.74, 6) is -2.11. The van der Waals surface area contributed by atoms with E-state index in [0.717, 1.165) is 46.2 Å². The Bertz CT molecular complexity index is 2120. The smallest absolute Gasteiger partial charge is 0.262 e. The van der Waals surface area contributed by atoms with E-state index in [1.807, 2.05) is 17.9 Å². The molecule has 6 heterocycles. The van der Waals surface area contributed by atoms with Crippen LogP contribution < -0.4 is 15.5 Å². The third-order valence-corrected chi connectivity index (χ3v) is 11.0. The number of hydrogen-bond donors (Lipinski definition) is 3. The van der Waals surface area contributed by atoms with Crippen LogP contribution in [0.25, 0.3) is 11.1 Å². The van der Waals surface area contributed by atoms with Crippen LogP contribution in [0.2, 0.25) is 0 Å². The van der Waals surface area contributed by atoms with Gasteiger partial charge in [0.2, 0.25) is 11.8 Å². The van der Waals surface area contributed by atoms with Gasteiger partial charge in [-0.2, -0.15) is 0 Å². The molecular weight excluding hydrogens is 631 g/mol. The van der Waals surface area contributed by atoms with E-state index < -0.39 is 35.5 Å². The van der Waals surface area contributed by atoms with Crippen LogP contribution in [0.4, 0.5) is 15.8 Å². The van der Waals surface area contributed by atoms with Gasteiger partial charge in [-0.15, -0.1) is 0 Å². The van der Waals surface area contributed by atoms with E-state index in [-0.39, 0.29) is 35.8 Å². The fraction of sp³-hybridized carbons (Fsp3) is 0.333. The van der Waals surface area contributed by atoms with Crippen LogP contribution in [0, 0.1) is 24.6 Å². The normalized spacial score (nSPS) is 23.3. The van der Waals surface area contributed by atoms with E-state index in [9.17, 15) is 33.2 Å². The lowest BCUT2D eigenvalue weighted by Gasteiger charge is -2.51. The summed E-state index contributed by atoms with van der Waals surface area (Å²) in [5.41, 5.74) is 6.81. The number of amides is 6. The molecule has 13 heteroatoms. The van der Waals surface area contributed by atoms with Crippen LogP contribution >= 0.6 is 0 Å². The first-order valence-corrected chi connectivity index (χ1v) is 16.5. The predicted molar refractivity (Wildman–Crippen MR) is 174 cm³/mol. The van der Waals surface area contributed by atoms with Crippen LogP contribution in [0.3, 0.4) is 0 Å². The Kier molecular flexibility index (Phi) is 6.30. The second kappa shape index (κ2) is 10.5. The number of piperidine rings is 1. The average molecular weight is 663 g/mol. The number of nitrogens with one attached hydrogen (secondary N) is 3. The highest BCUT2D eigenvalue weighted by atomic mass is 19.1. The molecule has 1 aliphatic carbocycles. The Hall–Kier alpha value is -5.59. The number of anilines is 2. The van der Waals surface area contributed by atoms with Gasteiger partial charge < -0.3 is 20.1 Å². The third kappa shape index (κ3) is 4.33. The molecule has 3 aromatic rings. The van der Waals surface area contributed by atoms with E-state index >= 15 is 0 Å². The van der Waals surface area contributed by atoms with Gasteiger partial charge in [0.1, 0.15) is 11.9 Å². The molecule has 3 N–H and O–H groups in total. The summed E-state index contributed by atoms with van der Waals surface area (Å²) in [4.78, 5) is 85.2. The highest BCUT2D eigenvalue weighted by molar-refractivity contribution is 6.37. The van der Waals surface area contributed by atoms with E-state index in [4.69, 9.17) is 0 Å². The van der Waals surface area contributed by atoms with Gasteiger partial charge in [0.05, 0.1) is 22.3 Å². The Morgan fingerprint density at radius 1 is 0.837 bits per heavy atom. The Morgan fingerprint density at radius 2 is 1.59 bits per heavy atom. The van der Waals surface area contributed by atoms with Crippen molar-refractivity contribution in [3.63, 3.8) is 0 Å². The number of carbonyl (C=O) groups is 6. The zero-order valence-electron chi connectivity index (χ0n) is 26.5. The topological polar surface area (TPSA) is 152 Å². The molecular formula is C36H31FN6O6. The van der Waals surface area contributed by atoms with Crippen LogP contribution in [-0.2, 0) is 20.8 Å². The number of hydrogen-bond acceptors (Lipinski definition) is 7. The predicted octanol–water partition coefficient (Wildman–Crippen LogP) is 2.88. The number of aromatic nitrogens is 1. The molecule has 0 saturated carbocycles. The number of aromatic amines is 1. The molecule has 6 amide bonds. The van der Waals surface area contributed by atoms with Crippen molar-refractivity contribution in [3.05, 3.63) is 81.4 Å². The number of imide groups is 2. The molecule has 3 fully saturated rings. The Labute approximate surface area is 279 Å². The summed E-state index contributed by atoms with van der Waals surface area (Å²) in [7, 11) is 0. The van der Waals surface area contributed by atoms with Crippen molar-refractivity contribution in [3.8, 4) is 0 Å². The molecule has 1 aromatic heterocycles.